The van der Waals surface area contributed by atoms with E-state index in [2.05, 4.69) is 15.6 Å². The molecule has 0 atom stereocenters. The zero-order valence-electron chi connectivity index (χ0n) is 19.7. The molecular formula is C24H30N4O7S. The van der Waals surface area contributed by atoms with Gasteiger partial charge in [0.2, 0.25) is 11.8 Å². The summed E-state index contributed by atoms with van der Waals surface area (Å²) in [5.74, 6) is -0.829. The summed E-state index contributed by atoms with van der Waals surface area (Å²) in [5.41, 5.74) is 0.805. The molecule has 4 N–H and O–H groups in total. The number of nitrogens with zero attached hydrogens (tertiary/aromatic N) is 1. The molecular weight excluding hydrogens is 488 g/mol. The van der Waals surface area contributed by atoms with E-state index < -0.39 is 22.0 Å². The van der Waals surface area contributed by atoms with E-state index in [9.17, 15) is 22.8 Å². The number of aliphatic hydroxyl groups excluding tert-OH is 1. The van der Waals surface area contributed by atoms with Crippen molar-refractivity contribution in [3.05, 3.63) is 53.7 Å². The molecule has 0 aliphatic heterocycles. The predicted molar refractivity (Wildman–Crippen MR) is 130 cm³/mol. The van der Waals surface area contributed by atoms with Crippen LogP contribution in [0.25, 0.3) is 0 Å². The molecule has 194 valence electrons. The molecule has 12 heteroatoms. The Balaban J connectivity index is 1.50. The number of carbonyl (C=O) groups excluding carboxylic acids is 3. The van der Waals surface area contributed by atoms with Gasteiger partial charge in [0.05, 0.1) is 17.1 Å². The number of pyridine rings is 1. The Hall–Kier alpha value is -3.51. The van der Waals surface area contributed by atoms with Gasteiger partial charge >= 0.3 is 6.09 Å². The summed E-state index contributed by atoms with van der Waals surface area (Å²) >= 11 is 0. The summed E-state index contributed by atoms with van der Waals surface area (Å²) in [6.07, 6.45) is 6.03. The highest BCUT2D eigenvalue weighted by Crippen LogP contribution is 2.23. The first-order valence-corrected chi connectivity index (χ1v) is 13.2. The number of amides is 3. The molecule has 1 aromatic heterocycles. The van der Waals surface area contributed by atoms with E-state index in [1.165, 1.54) is 30.7 Å². The van der Waals surface area contributed by atoms with Crippen LogP contribution in [0.15, 0.2) is 47.5 Å². The lowest BCUT2D eigenvalue weighted by Gasteiger charge is -2.20. The molecule has 36 heavy (non-hydrogen) atoms. The Labute approximate surface area is 209 Å². The number of ether oxygens (including phenoxy) is 1. The van der Waals surface area contributed by atoms with Gasteiger partial charge in [-0.15, -0.1) is 0 Å². The Kier molecular flexibility index (Phi) is 9.77. The molecule has 3 rings (SSSR count). The van der Waals surface area contributed by atoms with Crippen LogP contribution in [0.3, 0.4) is 0 Å². The van der Waals surface area contributed by atoms with Gasteiger partial charge in [0.15, 0.2) is 0 Å². The first-order chi connectivity index (χ1) is 17.3. The maximum atomic E-state index is 12.6. The van der Waals surface area contributed by atoms with Gasteiger partial charge in [-0.1, -0.05) is 31.4 Å². The minimum absolute atomic E-state index is 0.00907. The Morgan fingerprint density at radius 3 is 2.33 bits per heavy atom. The van der Waals surface area contributed by atoms with E-state index in [0.717, 1.165) is 37.4 Å². The van der Waals surface area contributed by atoms with Gasteiger partial charge in [0.25, 0.3) is 15.9 Å². The number of aliphatic hydroxyl groups is 1. The van der Waals surface area contributed by atoms with Gasteiger partial charge in [0, 0.05) is 31.3 Å². The molecule has 1 aliphatic carbocycles. The average molecular weight is 519 g/mol. The lowest BCUT2D eigenvalue weighted by Crippen LogP contribution is -2.33. The van der Waals surface area contributed by atoms with Crippen LogP contribution in [0, 0.1) is 5.92 Å². The standard InChI is InChI=1S/C24H30N4O7S/c29-15-14-26-24(32)35-21-11-8-19(16-27-21)23(31)28-36(33,34)20-9-6-17(7-10-20)12-13-25-22(30)18-4-2-1-3-5-18/h6-11,16,18,29H,1-5,12-15H2,(H,25,30)(H,26,32)(H,28,31). The third kappa shape index (κ3) is 8.02. The van der Waals surface area contributed by atoms with Gasteiger partial charge in [0.1, 0.15) is 0 Å². The van der Waals surface area contributed by atoms with E-state index >= 15 is 0 Å². The number of hydrogen-bond donors (Lipinski definition) is 4. The fraction of sp³-hybridized carbons (Fsp3) is 0.417. The van der Waals surface area contributed by atoms with Gasteiger partial charge in [-0.25, -0.2) is 22.9 Å². The highest BCUT2D eigenvalue weighted by atomic mass is 32.2. The molecule has 1 saturated carbocycles. The van der Waals surface area contributed by atoms with E-state index in [0.29, 0.717) is 13.0 Å². The highest BCUT2D eigenvalue weighted by Gasteiger charge is 2.21. The van der Waals surface area contributed by atoms with Crippen LogP contribution in [0.5, 0.6) is 5.88 Å². The summed E-state index contributed by atoms with van der Waals surface area (Å²) in [4.78, 5) is 39.8. The van der Waals surface area contributed by atoms with Crippen LogP contribution in [0.4, 0.5) is 4.79 Å². The van der Waals surface area contributed by atoms with Crippen molar-refractivity contribution in [2.75, 3.05) is 19.7 Å². The average Bonchev–Trinajstić information content (AvgIpc) is 2.88. The number of nitrogens with one attached hydrogen (secondary N) is 3. The summed E-state index contributed by atoms with van der Waals surface area (Å²) in [7, 11) is -4.13. The lowest BCUT2D eigenvalue weighted by molar-refractivity contribution is -0.125. The highest BCUT2D eigenvalue weighted by molar-refractivity contribution is 7.90. The fourth-order valence-electron chi connectivity index (χ4n) is 3.78. The number of rotatable bonds is 10. The SMILES string of the molecule is O=C(NCCO)Oc1ccc(C(=O)NS(=O)(=O)c2ccc(CCNC(=O)C3CCCCC3)cc2)cn1. The molecule has 0 spiro atoms. The van der Waals surface area contributed by atoms with Crippen LogP contribution in [0.2, 0.25) is 0 Å². The minimum Gasteiger partial charge on any atom is -0.395 e. The second kappa shape index (κ2) is 13.0. The predicted octanol–water partition coefficient (Wildman–Crippen LogP) is 1.52. The second-order valence-electron chi connectivity index (χ2n) is 8.38. The number of benzene rings is 1. The molecule has 0 bridgehead atoms. The van der Waals surface area contributed by atoms with Crippen LogP contribution in [0.1, 0.15) is 48.0 Å². The smallest absolute Gasteiger partial charge is 0.395 e. The maximum Gasteiger partial charge on any atom is 0.414 e. The van der Waals surface area contributed by atoms with Crippen molar-refractivity contribution in [1.82, 2.24) is 20.3 Å². The van der Waals surface area contributed by atoms with E-state index in [1.54, 1.807) is 12.1 Å². The van der Waals surface area contributed by atoms with Crippen LogP contribution in [-0.4, -0.2) is 56.1 Å². The maximum absolute atomic E-state index is 12.6. The first kappa shape index (κ1) is 27.1. The summed E-state index contributed by atoms with van der Waals surface area (Å²) in [5, 5.41) is 13.9. The van der Waals surface area contributed by atoms with Gasteiger partial charge in [-0.2, -0.15) is 0 Å². The van der Waals surface area contributed by atoms with Crippen LogP contribution >= 0.6 is 0 Å². The summed E-state index contributed by atoms with van der Waals surface area (Å²) < 4.78 is 32.1. The molecule has 3 amide bonds. The number of carbonyl (C=O) groups is 3. The van der Waals surface area contributed by atoms with Crippen molar-refractivity contribution < 1.29 is 32.6 Å². The van der Waals surface area contributed by atoms with Gasteiger partial charge in [-0.3, -0.25) is 9.59 Å². The summed E-state index contributed by atoms with van der Waals surface area (Å²) in [6.45, 7) is 0.223. The molecule has 1 fully saturated rings. The van der Waals surface area contributed by atoms with Crippen molar-refractivity contribution in [3.8, 4) is 5.88 Å². The molecule has 11 nitrogen and oxygen atoms in total. The monoisotopic (exact) mass is 518 g/mol. The molecule has 1 aliphatic rings. The zero-order chi connectivity index (χ0) is 26.0. The largest absolute Gasteiger partial charge is 0.414 e. The molecule has 1 aromatic carbocycles. The number of sulfonamides is 1. The van der Waals surface area contributed by atoms with Crippen LogP contribution < -0.4 is 20.1 Å². The van der Waals surface area contributed by atoms with E-state index in [1.807, 2.05) is 4.72 Å². The third-order valence-corrected chi connectivity index (χ3v) is 7.07. The first-order valence-electron chi connectivity index (χ1n) is 11.7. The Morgan fingerprint density at radius 2 is 1.69 bits per heavy atom. The van der Waals surface area contributed by atoms with Crippen molar-refractivity contribution >= 4 is 27.9 Å². The van der Waals surface area contributed by atoms with Crippen molar-refractivity contribution in [1.29, 1.82) is 0 Å². The fourth-order valence-corrected chi connectivity index (χ4v) is 4.75. The molecule has 1 heterocycles. The minimum atomic E-state index is -4.13. The summed E-state index contributed by atoms with van der Waals surface area (Å²) in [6, 6.07) is 8.57. The van der Waals surface area contributed by atoms with Gasteiger partial charge < -0.3 is 20.5 Å². The van der Waals surface area contributed by atoms with Crippen molar-refractivity contribution in [2.24, 2.45) is 5.92 Å². The molecule has 2 aromatic rings. The van der Waals surface area contributed by atoms with E-state index in [4.69, 9.17) is 9.84 Å². The number of hydrogen-bond acceptors (Lipinski definition) is 8. The van der Waals surface area contributed by atoms with Crippen LogP contribution in [-0.2, 0) is 21.2 Å². The molecule has 0 saturated heterocycles. The van der Waals surface area contributed by atoms with Crippen molar-refractivity contribution in [2.45, 2.75) is 43.4 Å². The second-order valence-corrected chi connectivity index (χ2v) is 10.1. The van der Waals surface area contributed by atoms with Crippen molar-refractivity contribution in [3.63, 3.8) is 0 Å². The van der Waals surface area contributed by atoms with E-state index in [-0.39, 0.29) is 41.3 Å². The molecule has 0 unspecified atom stereocenters. The molecule has 0 radical (unpaired) electrons. The normalized spacial score (nSPS) is 14.0. The van der Waals surface area contributed by atoms with Gasteiger partial charge in [-0.05, 0) is 43.0 Å². The Bertz CT molecular complexity index is 1150. The quantitative estimate of drug-likeness (QED) is 0.368. The zero-order valence-corrected chi connectivity index (χ0v) is 20.6. The third-order valence-electron chi connectivity index (χ3n) is 5.73. The number of aromatic nitrogens is 1. The lowest BCUT2D eigenvalue weighted by atomic mass is 9.88. The Morgan fingerprint density at radius 1 is 0.972 bits per heavy atom. The topological polar surface area (TPSA) is 164 Å².